The summed E-state index contributed by atoms with van der Waals surface area (Å²) in [7, 11) is 0. The maximum atomic E-state index is 9.90. The van der Waals surface area contributed by atoms with Crippen LogP contribution in [-0.4, -0.2) is 17.7 Å². The highest BCUT2D eigenvalue weighted by Crippen LogP contribution is 2.32. The van der Waals surface area contributed by atoms with Gasteiger partial charge < -0.3 is 5.11 Å². The molecular weight excluding hydrogens is 200 g/mol. The molecule has 0 aliphatic heterocycles. The van der Waals surface area contributed by atoms with E-state index in [4.69, 9.17) is 5.26 Å². The Labute approximate surface area is 95.7 Å². The lowest BCUT2D eigenvalue weighted by Gasteiger charge is -2.15. The highest BCUT2D eigenvalue weighted by atomic mass is 16.3. The number of nitrogens with zero attached hydrogens (tertiary/aromatic N) is 1. The van der Waals surface area contributed by atoms with Crippen molar-refractivity contribution in [2.45, 2.75) is 25.0 Å². The van der Waals surface area contributed by atoms with Gasteiger partial charge in [-0.25, -0.2) is 0 Å². The normalized spacial score (nSPS) is 18.8. The predicted octanol–water partition coefficient (Wildman–Crippen LogP) is 1.61. The molecule has 0 radical (unpaired) electrons. The van der Waals surface area contributed by atoms with E-state index < -0.39 is 6.10 Å². The van der Waals surface area contributed by atoms with Crippen molar-refractivity contribution in [3.63, 3.8) is 0 Å². The number of benzene rings is 1. The zero-order valence-corrected chi connectivity index (χ0v) is 9.13. The van der Waals surface area contributed by atoms with E-state index in [9.17, 15) is 5.11 Å². The number of nitriles is 1. The van der Waals surface area contributed by atoms with Gasteiger partial charge in [0.05, 0.1) is 18.2 Å². The van der Waals surface area contributed by atoms with Crippen LogP contribution < -0.4 is 5.32 Å². The van der Waals surface area contributed by atoms with E-state index in [0.29, 0.717) is 12.5 Å². The highest BCUT2D eigenvalue weighted by molar-refractivity contribution is 5.17. The molecule has 0 heterocycles. The van der Waals surface area contributed by atoms with Crippen LogP contribution in [0.1, 0.15) is 24.5 Å². The molecule has 1 aromatic rings. The summed E-state index contributed by atoms with van der Waals surface area (Å²) in [4.78, 5) is 0. The molecule has 0 amide bonds. The molecule has 1 aliphatic carbocycles. The van der Waals surface area contributed by atoms with Gasteiger partial charge >= 0.3 is 0 Å². The third-order valence-electron chi connectivity index (χ3n) is 2.95. The van der Waals surface area contributed by atoms with Crippen molar-refractivity contribution in [2.75, 3.05) is 6.54 Å². The summed E-state index contributed by atoms with van der Waals surface area (Å²) in [5.74, 6) is 0.493. The number of nitrogens with one attached hydrogen (secondary N) is 1. The maximum Gasteiger partial charge on any atom is 0.0982 e. The van der Waals surface area contributed by atoms with E-state index in [1.807, 2.05) is 30.3 Å². The van der Waals surface area contributed by atoms with Crippen LogP contribution in [-0.2, 0) is 0 Å². The Morgan fingerprint density at radius 2 is 2.06 bits per heavy atom. The standard InChI is InChI=1S/C13H16N2O/c14-8-12(10-6-7-10)15-9-13(16)11-4-2-1-3-5-11/h1-5,10,12-13,15-16H,6-7,9H2/t12-,13+/m1/s1. The summed E-state index contributed by atoms with van der Waals surface area (Å²) in [5, 5.41) is 21.9. The van der Waals surface area contributed by atoms with E-state index >= 15 is 0 Å². The lowest BCUT2D eigenvalue weighted by molar-refractivity contribution is 0.171. The average Bonchev–Trinajstić information content (AvgIpc) is 3.15. The molecular formula is C13H16N2O. The van der Waals surface area contributed by atoms with Gasteiger partial charge in [0.2, 0.25) is 0 Å². The van der Waals surface area contributed by atoms with Crippen molar-refractivity contribution < 1.29 is 5.11 Å². The molecule has 0 saturated heterocycles. The lowest BCUT2D eigenvalue weighted by atomic mass is 10.1. The van der Waals surface area contributed by atoms with Gasteiger partial charge in [-0.2, -0.15) is 5.26 Å². The van der Waals surface area contributed by atoms with Gasteiger partial charge in [-0.1, -0.05) is 30.3 Å². The molecule has 1 fully saturated rings. The topological polar surface area (TPSA) is 56.0 Å². The van der Waals surface area contributed by atoms with Crippen molar-refractivity contribution in [1.82, 2.24) is 5.32 Å². The van der Waals surface area contributed by atoms with Gasteiger partial charge in [0.1, 0.15) is 0 Å². The Morgan fingerprint density at radius 1 is 1.38 bits per heavy atom. The van der Waals surface area contributed by atoms with Crippen LogP contribution in [0, 0.1) is 17.2 Å². The summed E-state index contributed by atoms with van der Waals surface area (Å²) in [6.07, 6.45) is 1.73. The zero-order valence-electron chi connectivity index (χ0n) is 9.13. The maximum absolute atomic E-state index is 9.90. The molecule has 1 aliphatic rings. The second-order valence-corrected chi connectivity index (χ2v) is 4.28. The second kappa shape index (κ2) is 5.11. The van der Waals surface area contributed by atoms with Gasteiger partial charge in [0.25, 0.3) is 0 Å². The third kappa shape index (κ3) is 2.82. The lowest BCUT2D eigenvalue weighted by Crippen LogP contribution is -2.33. The smallest absolute Gasteiger partial charge is 0.0982 e. The first-order valence-corrected chi connectivity index (χ1v) is 5.67. The molecule has 3 nitrogen and oxygen atoms in total. The SMILES string of the molecule is N#C[C@@H](NC[C@H](O)c1ccccc1)C1CC1. The first-order valence-electron chi connectivity index (χ1n) is 5.67. The van der Waals surface area contributed by atoms with Crippen molar-refractivity contribution >= 4 is 0 Å². The molecule has 0 spiro atoms. The van der Waals surface area contributed by atoms with Crippen molar-refractivity contribution in [3.8, 4) is 6.07 Å². The van der Waals surface area contributed by atoms with E-state index in [1.165, 1.54) is 0 Å². The molecule has 84 valence electrons. The number of aliphatic hydroxyl groups excluding tert-OH is 1. The van der Waals surface area contributed by atoms with Crippen LogP contribution in [0.5, 0.6) is 0 Å². The molecule has 2 atom stereocenters. The Morgan fingerprint density at radius 3 is 2.62 bits per heavy atom. The molecule has 16 heavy (non-hydrogen) atoms. The minimum absolute atomic E-state index is 0.0987. The van der Waals surface area contributed by atoms with E-state index in [0.717, 1.165) is 18.4 Å². The van der Waals surface area contributed by atoms with Gasteiger partial charge in [0.15, 0.2) is 0 Å². The predicted molar refractivity (Wildman–Crippen MR) is 61.5 cm³/mol. The fraction of sp³-hybridized carbons (Fsp3) is 0.462. The fourth-order valence-corrected chi connectivity index (χ4v) is 1.78. The van der Waals surface area contributed by atoms with E-state index in [1.54, 1.807) is 0 Å². The molecule has 0 bridgehead atoms. The summed E-state index contributed by atoms with van der Waals surface area (Å²) in [6.45, 7) is 0.443. The van der Waals surface area contributed by atoms with E-state index in [-0.39, 0.29) is 6.04 Å². The zero-order chi connectivity index (χ0) is 11.4. The van der Waals surface area contributed by atoms with Crippen LogP contribution in [0.25, 0.3) is 0 Å². The number of aliphatic hydroxyl groups is 1. The Kier molecular flexibility index (Phi) is 3.55. The third-order valence-corrected chi connectivity index (χ3v) is 2.95. The summed E-state index contributed by atoms with van der Waals surface area (Å²) < 4.78 is 0. The van der Waals surface area contributed by atoms with Gasteiger partial charge in [0, 0.05) is 6.54 Å². The largest absolute Gasteiger partial charge is 0.387 e. The van der Waals surface area contributed by atoms with Crippen LogP contribution in [0.2, 0.25) is 0 Å². The van der Waals surface area contributed by atoms with Crippen LogP contribution >= 0.6 is 0 Å². The fourth-order valence-electron chi connectivity index (χ4n) is 1.78. The molecule has 0 unspecified atom stereocenters. The first kappa shape index (κ1) is 11.1. The van der Waals surface area contributed by atoms with Crippen molar-refractivity contribution in [1.29, 1.82) is 5.26 Å². The van der Waals surface area contributed by atoms with Crippen molar-refractivity contribution in [2.24, 2.45) is 5.92 Å². The number of hydrogen-bond acceptors (Lipinski definition) is 3. The van der Waals surface area contributed by atoms with Gasteiger partial charge in [-0.15, -0.1) is 0 Å². The van der Waals surface area contributed by atoms with Crippen LogP contribution in [0.15, 0.2) is 30.3 Å². The van der Waals surface area contributed by atoms with Crippen LogP contribution in [0.3, 0.4) is 0 Å². The first-order chi connectivity index (χ1) is 7.81. The molecule has 2 rings (SSSR count). The van der Waals surface area contributed by atoms with Crippen LogP contribution in [0.4, 0.5) is 0 Å². The van der Waals surface area contributed by atoms with Gasteiger partial charge in [-0.3, -0.25) is 5.32 Å². The highest BCUT2D eigenvalue weighted by Gasteiger charge is 2.31. The minimum atomic E-state index is -0.532. The monoisotopic (exact) mass is 216 g/mol. The van der Waals surface area contributed by atoms with Crippen molar-refractivity contribution in [3.05, 3.63) is 35.9 Å². The molecule has 1 saturated carbocycles. The van der Waals surface area contributed by atoms with Gasteiger partial charge in [-0.05, 0) is 24.3 Å². The Bertz CT molecular complexity index is 367. The molecule has 0 aromatic heterocycles. The summed E-state index contributed by atoms with van der Waals surface area (Å²) in [6, 6.07) is 11.7. The molecule has 1 aromatic carbocycles. The summed E-state index contributed by atoms with van der Waals surface area (Å²) >= 11 is 0. The average molecular weight is 216 g/mol. The summed E-state index contributed by atoms with van der Waals surface area (Å²) in [5.41, 5.74) is 0.891. The molecule has 3 heteroatoms. The quantitative estimate of drug-likeness (QED) is 0.786. The Hall–Kier alpha value is -1.37. The minimum Gasteiger partial charge on any atom is -0.387 e. The number of hydrogen-bond donors (Lipinski definition) is 2. The molecule has 2 N–H and O–H groups in total. The number of rotatable bonds is 5. The second-order valence-electron chi connectivity index (χ2n) is 4.28. The Balaban J connectivity index is 1.83. The van der Waals surface area contributed by atoms with E-state index in [2.05, 4.69) is 11.4 Å².